The lowest BCUT2D eigenvalue weighted by Gasteiger charge is -2.03. The summed E-state index contributed by atoms with van der Waals surface area (Å²) in [5.74, 6) is 1.07. The van der Waals surface area contributed by atoms with E-state index in [1.165, 1.54) is 11.1 Å². The van der Waals surface area contributed by atoms with Crippen LogP contribution in [0.25, 0.3) is 17.5 Å². The van der Waals surface area contributed by atoms with Gasteiger partial charge < -0.3 is 4.52 Å². The van der Waals surface area contributed by atoms with Crippen molar-refractivity contribution in [2.75, 3.05) is 0 Å². The molecule has 0 atom stereocenters. The average molecular weight is 200 g/mol. The van der Waals surface area contributed by atoms with Gasteiger partial charge in [-0.05, 0) is 31.1 Å². The zero-order chi connectivity index (χ0) is 10.8. The summed E-state index contributed by atoms with van der Waals surface area (Å²) in [6, 6.07) is 6.04. The number of hydrogen-bond donors (Lipinski definition) is 0. The van der Waals surface area contributed by atoms with Gasteiger partial charge in [0.25, 0.3) is 0 Å². The van der Waals surface area contributed by atoms with Gasteiger partial charge in [0.15, 0.2) is 0 Å². The van der Waals surface area contributed by atoms with E-state index < -0.39 is 0 Å². The standard InChI is InChI=1S/C12H12N2O/c1-4-11-13-12(14-15-11)10-7-5-6-8(2)9(10)3/h4-7H,1H2,2-3H3. The molecule has 0 saturated carbocycles. The molecule has 0 unspecified atom stereocenters. The highest BCUT2D eigenvalue weighted by Gasteiger charge is 2.09. The Morgan fingerprint density at radius 2 is 2.13 bits per heavy atom. The van der Waals surface area contributed by atoms with E-state index in [0.29, 0.717) is 11.7 Å². The molecule has 0 aliphatic rings. The van der Waals surface area contributed by atoms with Crippen LogP contribution >= 0.6 is 0 Å². The summed E-state index contributed by atoms with van der Waals surface area (Å²) < 4.78 is 4.98. The molecule has 0 spiro atoms. The molecule has 15 heavy (non-hydrogen) atoms. The van der Waals surface area contributed by atoms with E-state index in [9.17, 15) is 0 Å². The molecule has 1 aromatic carbocycles. The monoisotopic (exact) mass is 200 g/mol. The lowest BCUT2D eigenvalue weighted by molar-refractivity contribution is 0.411. The number of aromatic nitrogens is 2. The second-order valence-electron chi connectivity index (χ2n) is 3.41. The first-order chi connectivity index (χ1) is 7.22. The van der Waals surface area contributed by atoms with Crippen LogP contribution in [-0.2, 0) is 0 Å². The minimum atomic E-state index is 0.450. The first-order valence-corrected chi connectivity index (χ1v) is 4.75. The third kappa shape index (κ3) is 1.68. The summed E-state index contributed by atoms with van der Waals surface area (Å²) in [6.07, 6.45) is 1.54. The van der Waals surface area contributed by atoms with E-state index in [2.05, 4.69) is 36.6 Å². The van der Waals surface area contributed by atoms with Crippen molar-refractivity contribution in [2.24, 2.45) is 0 Å². The topological polar surface area (TPSA) is 38.9 Å². The number of aryl methyl sites for hydroxylation is 1. The van der Waals surface area contributed by atoms with E-state index in [4.69, 9.17) is 4.52 Å². The molecule has 1 aromatic heterocycles. The van der Waals surface area contributed by atoms with Crippen molar-refractivity contribution < 1.29 is 4.52 Å². The molecule has 3 nitrogen and oxygen atoms in total. The summed E-state index contributed by atoms with van der Waals surface area (Å²) >= 11 is 0. The van der Waals surface area contributed by atoms with Gasteiger partial charge in [0, 0.05) is 5.56 Å². The molecule has 0 aliphatic carbocycles. The molecule has 0 bridgehead atoms. The highest BCUT2D eigenvalue weighted by Crippen LogP contribution is 2.22. The third-order valence-electron chi connectivity index (χ3n) is 2.46. The summed E-state index contributed by atoms with van der Waals surface area (Å²) in [7, 11) is 0. The van der Waals surface area contributed by atoms with Gasteiger partial charge in [0.05, 0.1) is 0 Å². The Hall–Kier alpha value is -1.90. The number of benzene rings is 1. The van der Waals surface area contributed by atoms with Crippen molar-refractivity contribution >= 4 is 6.08 Å². The van der Waals surface area contributed by atoms with E-state index in [-0.39, 0.29) is 0 Å². The molecule has 76 valence electrons. The molecular weight excluding hydrogens is 188 g/mol. The Balaban J connectivity index is 2.53. The molecule has 0 amide bonds. The van der Waals surface area contributed by atoms with Crippen molar-refractivity contribution in [1.29, 1.82) is 0 Å². The smallest absolute Gasteiger partial charge is 0.250 e. The largest absolute Gasteiger partial charge is 0.334 e. The Morgan fingerprint density at radius 1 is 1.33 bits per heavy atom. The van der Waals surface area contributed by atoms with Crippen LogP contribution in [-0.4, -0.2) is 10.1 Å². The second-order valence-corrected chi connectivity index (χ2v) is 3.41. The van der Waals surface area contributed by atoms with Gasteiger partial charge in [0.2, 0.25) is 11.7 Å². The fourth-order valence-electron chi connectivity index (χ4n) is 1.42. The fourth-order valence-corrected chi connectivity index (χ4v) is 1.42. The van der Waals surface area contributed by atoms with Crippen LogP contribution in [0.1, 0.15) is 17.0 Å². The molecule has 1 heterocycles. The fraction of sp³-hybridized carbons (Fsp3) is 0.167. The van der Waals surface area contributed by atoms with Crippen LogP contribution in [0.5, 0.6) is 0 Å². The van der Waals surface area contributed by atoms with Gasteiger partial charge >= 0.3 is 0 Å². The molecule has 0 fully saturated rings. The van der Waals surface area contributed by atoms with Crippen LogP contribution in [0, 0.1) is 13.8 Å². The summed E-state index contributed by atoms with van der Waals surface area (Å²) in [4.78, 5) is 4.21. The molecule has 0 aliphatic heterocycles. The van der Waals surface area contributed by atoms with Crippen molar-refractivity contribution in [3.05, 3.63) is 41.8 Å². The SMILES string of the molecule is C=Cc1nc(-c2cccc(C)c2C)no1. The van der Waals surface area contributed by atoms with Crippen molar-refractivity contribution in [3.8, 4) is 11.4 Å². The summed E-state index contributed by atoms with van der Waals surface area (Å²) in [5.41, 5.74) is 3.40. The molecule has 0 radical (unpaired) electrons. The van der Waals surface area contributed by atoms with Crippen LogP contribution < -0.4 is 0 Å². The summed E-state index contributed by atoms with van der Waals surface area (Å²) in [6.45, 7) is 7.69. The van der Waals surface area contributed by atoms with E-state index in [0.717, 1.165) is 5.56 Å². The predicted octanol–water partition coefficient (Wildman–Crippen LogP) is 3.00. The Kier molecular flexibility index (Phi) is 2.37. The van der Waals surface area contributed by atoms with Gasteiger partial charge in [-0.25, -0.2) is 0 Å². The molecule has 0 N–H and O–H groups in total. The molecule has 2 rings (SSSR count). The molecule has 2 aromatic rings. The quantitative estimate of drug-likeness (QED) is 0.748. The van der Waals surface area contributed by atoms with Crippen molar-refractivity contribution in [3.63, 3.8) is 0 Å². The second kappa shape index (κ2) is 3.69. The van der Waals surface area contributed by atoms with E-state index in [1.54, 1.807) is 6.08 Å². The van der Waals surface area contributed by atoms with Gasteiger partial charge in [-0.15, -0.1) is 0 Å². The van der Waals surface area contributed by atoms with Gasteiger partial charge in [0.1, 0.15) is 0 Å². The molecule has 0 saturated heterocycles. The zero-order valence-corrected chi connectivity index (χ0v) is 8.82. The first-order valence-electron chi connectivity index (χ1n) is 4.75. The molecule has 3 heteroatoms. The lowest BCUT2D eigenvalue weighted by atomic mass is 10.0. The summed E-state index contributed by atoms with van der Waals surface area (Å²) in [5, 5.41) is 3.90. The molecular formula is C12H12N2O. The van der Waals surface area contributed by atoms with Crippen LogP contribution in [0.4, 0.5) is 0 Å². The van der Waals surface area contributed by atoms with Crippen LogP contribution in [0.3, 0.4) is 0 Å². The highest BCUT2D eigenvalue weighted by molar-refractivity contribution is 5.61. The minimum absolute atomic E-state index is 0.450. The van der Waals surface area contributed by atoms with Gasteiger partial charge in [-0.2, -0.15) is 4.98 Å². The average Bonchev–Trinajstić information content (AvgIpc) is 2.70. The predicted molar refractivity (Wildman–Crippen MR) is 59.3 cm³/mol. The first kappa shape index (κ1) is 9.65. The number of hydrogen-bond acceptors (Lipinski definition) is 3. The number of nitrogens with zero attached hydrogens (tertiary/aromatic N) is 2. The maximum atomic E-state index is 4.98. The third-order valence-corrected chi connectivity index (χ3v) is 2.46. The van der Waals surface area contributed by atoms with Gasteiger partial charge in [-0.3, -0.25) is 0 Å². The maximum Gasteiger partial charge on any atom is 0.250 e. The van der Waals surface area contributed by atoms with E-state index in [1.807, 2.05) is 12.1 Å². The normalized spacial score (nSPS) is 10.3. The zero-order valence-electron chi connectivity index (χ0n) is 8.82. The Bertz CT molecular complexity index is 500. The van der Waals surface area contributed by atoms with Crippen molar-refractivity contribution in [2.45, 2.75) is 13.8 Å². The number of rotatable bonds is 2. The van der Waals surface area contributed by atoms with Gasteiger partial charge in [-0.1, -0.05) is 29.9 Å². The Morgan fingerprint density at radius 3 is 2.80 bits per heavy atom. The van der Waals surface area contributed by atoms with Crippen LogP contribution in [0.15, 0.2) is 29.3 Å². The maximum absolute atomic E-state index is 4.98. The minimum Gasteiger partial charge on any atom is -0.334 e. The Labute approximate surface area is 88.4 Å². The van der Waals surface area contributed by atoms with Crippen LogP contribution in [0.2, 0.25) is 0 Å². The lowest BCUT2D eigenvalue weighted by Crippen LogP contribution is -1.88. The van der Waals surface area contributed by atoms with Crippen molar-refractivity contribution in [1.82, 2.24) is 10.1 Å². The van der Waals surface area contributed by atoms with E-state index >= 15 is 0 Å². The highest BCUT2D eigenvalue weighted by atomic mass is 16.5.